The van der Waals surface area contributed by atoms with Crippen LogP contribution in [0.5, 0.6) is 5.75 Å². The smallest absolute Gasteiger partial charge is 0.478 e. The Kier molecular flexibility index (Phi) is 8.70. The number of nitrogens with zero attached hydrogens (tertiary/aromatic N) is 2. The Balaban J connectivity index is 1.91. The first-order valence-electron chi connectivity index (χ1n) is 11.1. The summed E-state index contributed by atoms with van der Waals surface area (Å²) in [5.74, 6) is 3.67. The summed E-state index contributed by atoms with van der Waals surface area (Å²) in [4.78, 5) is 28.5. The molecule has 8 nitrogen and oxygen atoms in total. The van der Waals surface area contributed by atoms with Crippen molar-refractivity contribution in [2.75, 3.05) is 7.11 Å². The second kappa shape index (κ2) is 11.6. The van der Waals surface area contributed by atoms with Crippen molar-refractivity contribution in [1.29, 1.82) is 0 Å². The van der Waals surface area contributed by atoms with Crippen LogP contribution in [0.3, 0.4) is 0 Å². The number of aromatic carboxylic acids is 1. The minimum atomic E-state index is -4.82. The van der Waals surface area contributed by atoms with Gasteiger partial charge in [0, 0.05) is 13.7 Å². The van der Waals surface area contributed by atoms with Gasteiger partial charge in [-0.1, -0.05) is 30.2 Å². The molecule has 0 saturated carbocycles. The number of imidazole rings is 1. The van der Waals surface area contributed by atoms with E-state index >= 15 is 0 Å². The number of carboxylic acids is 1. The molecule has 200 valence electrons. The first-order valence-corrected chi connectivity index (χ1v) is 11.5. The van der Waals surface area contributed by atoms with Crippen LogP contribution in [0, 0.1) is 11.8 Å². The van der Waals surface area contributed by atoms with Crippen molar-refractivity contribution < 1.29 is 37.3 Å². The third kappa shape index (κ3) is 7.74. The molecular weight excluding hydrogens is 527 g/mol. The number of hydrogen-bond acceptors (Lipinski definition) is 5. The van der Waals surface area contributed by atoms with Crippen LogP contribution in [0.15, 0.2) is 48.5 Å². The van der Waals surface area contributed by atoms with Gasteiger partial charge in [0.05, 0.1) is 12.1 Å². The SMILES string of the molecule is COC(C)(C)C#Cc1nc(Cl)n(Cc2ccc(OC(F)(F)F)cc2)c1C(=O)NCc1ccc(C(=O)O)cc1. The van der Waals surface area contributed by atoms with E-state index in [2.05, 4.69) is 26.9 Å². The van der Waals surface area contributed by atoms with Gasteiger partial charge in [0.25, 0.3) is 5.91 Å². The summed E-state index contributed by atoms with van der Waals surface area (Å²) in [6.07, 6.45) is -4.82. The first kappa shape index (κ1) is 28.6. The predicted octanol–water partition coefficient (Wildman–Crippen LogP) is 4.89. The molecule has 3 rings (SSSR count). The standard InChI is InChI=1S/C26H23ClF3N3O5/c1-25(2,37-3)13-12-20-21(22(34)31-14-16-4-8-18(9-5-16)23(35)36)33(24(27)32-20)15-17-6-10-19(11-7-17)38-26(28,29)30/h4-11H,14-15H2,1-3H3,(H,31,34)(H,35,36). The molecule has 0 fully saturated rings. The molecule has 2 aromatic carbocycles. The number of alkyl halides is 3. The number of nitrogens with one attached hydrogen (secondary N) is 1. The quantitative estimate of drug-likeness (QED) is 0.388. The number of halogens is 4. The summed E-state index contributed by atoms with van der Waals surface area (Å²) in [5.41, 5.74) is 0.547. The van der Waals surface area contributed by atoms with Crippen LogP contribution in [-0.2, 0) is 17.8 Å². The van der Waals surface area contributed by atoms with Gasteiger partial charge >= 0.3 is 12.3 Å². The van der Waals surface area contributed by atoms with Gasteiger partial charge in [-0.15, -0.1) is 13.2 Å². The van der Waals surface area contributed by atoms with Crippen molar-refractivity contribution >= 4 is 23.5 Å². The highest BCUT2D eigenvalue weighted by atomic mass is 35.5. The highest BCUT2D eigenvalue weighted by molar-refractivity contribution is 6.29. The van der Waals surface area contributed by atoms with Crippen molar-refractivity contribution in [1.82, 2.24) is 14.9 Å². The van der Waals surface area contributed by atoms with Crippen LogP contribution < -0.4 is 10.1 Å². The van der Waals surface area contributed by atoms with Crippen LogP contribution in [-0.4, -0.2) is 45.6 Å². The second-order valence-electron chi connectivity index (χ2n) is 8.51. The van der Waals surface area contributed by atoms with Crippen LogP contribution in [0.25, 0.3) is 0 Å². The molecule has 1 heterocycles. The number of aromatic nitrogens is 2. The number of amides is 1. The lowest BCUT2D eigenvalue weighted by molar-refractivity contribution is -0.274. The lowest BCUT2D eigenvalue weighted by Crippen LogP contribution is -2.27. The van der Waals surface area contributed by atoms with E-state index in [1.165, 1.54) is 35.9 Å². The maximum Gasteiger partial charge on any atom is 0.573 e. The average molecular weight is 550 g/mol. The molecule has 0 spiro atoms. The molecule has 2 N–H and O–H groups in total. The van der Waals surface area contributed by atoms with E-state index in [1.54, 1.807) is 26.0 Å². The van der Waals surface area contributed by atoms with E-state index in [-0.39, 0.29) is 35.3 Å². The molecule has 12 heteroatoms. The summed E-state index contributed by atoms with van der Waals surface area (Å²) in [5, 5.41) is 11.7. The summed E-state index contributed by atoms with van der Waals surface area (Å²) < 4.78 is 48.0. The fourth-order valence-electron chi connectivity index (χ4n) is 3.16. The summed E-state index contributed by atoms with van der Waals surface area (Å²) in [6.45, 7) is 3.53. The number of benzene rings is 2. The zero-order valence-corrected chi connectivity index (χ0v) is 21.3. The molecule has 0 atom stereocenters. The molecule has 0 aliphatic carbocycles. The molecule has 0 bridgehead atoms. The van der Waals surface area contributed by atoms with E-state index < -0.39 is 29.6 Å². The van der Waals surface area contributed by atoms with Gasteiger partial charge in [-0.25, -0.2) is 9.78 Å². The maximum atomic E-state index is 13.3. The van der Waals surface area contributed by atoms with E-state index in [1.807, 2.05) is 0 Å². The Morgan fingerprint density at radius 3 is 2.24 bits per heavy atom. The number of ether oxygens (including phenoxy) is 2. The molecule has 3 aromatic rings. The topological polar surface area (TPSA) is 103 Å². The number of methoxy groups -OCH3 is 1. The molecule has 1 amide bonds. The fraction of sp³-hybridized carbons (Fsp3) is 0.269. The zero-order chi connectivity index (χ0) is 28.1. The Hall–Kier alpha value is -4.01. The highest BCUT2D eigenvalue weighted by Crippen LogP contribution is 2.24. The average Bonchev–Trinajstić information content (AvgIpc) is 3.16. The molecule has 0 radical (unpaired) electrons. The molecule has 0 aliphatic heterocycles. The lowest BCUT2D eigenvalue weighted by atomic mass is 10.1. The Morgan fingerprint density at radius 1 is 1.08 bits per heavy atom. The highest BCUT2D eigenvalue weighted by Gasteiger charge is 2.31. The van der Waals surface area contributed by atoms with Crippen LogP contribution in [0.1, 0.15) is 51.5 Å². The van der Waals surface area contributed by atoms with Crippen molar-refractivity contribution in [3.05, 3.63) is 81.9 Å². The third-order valence-electron chi connectivity index (χ3n) is 5.28. The van der Waals surface area contributed by atoms with Crippen molar-refractivity contribution in [2.45, 2.75) is 38.9 Å². The van der Waals surface area contributed by atoms with E-state index in [9.17, 15) is 22.8 Å². The molecule has 1 aromatic heterocycles. The normalized spacial score (nSPS) is 11.4. The molecule has 0 unspecified atom stereocenters. The predicted molar refractivity (Wildman–Crippen MR) is 132 cm³/mol. The minimum absolute atomic E-state index is 0.00352. The van der Waals surface area contributed by atoms with Gasteiger partial charge in [-0.05, 0) is 66.8 Å². The van der Waals surface area contributed by atoms with Crippen molar-refractivity contribution in [3.63, 3.8) is 0 Å². The number of hydrogen-bond donors (Lipinski definition) is 2. The van der Waals surface area contributed by atoms with Gasteiger partial charge < -0.3 is 24.5 Å². The first-order chi connectivity index (χ1) is 17.8. The Morgan fingerprint density at radius 2 is 1.68 bits per heavy atom. The minimum Gasteiger partial charge on any atom is -0.478 e. The molecule has 0 aliphatic rings. The van der Waals surface area contributed by atoms with Gasteiger partial charge in [-0.2, -0.15) is 0 Å². The molecular formula is C26H23ClF3N3O5. The van der Waals surface area contributed by atoms with Crippen molar-refractivity contribution in [3.8, 4) is 17.6 Å². The largest absolute Gasteiger partial charge is 0.573 e. The van der Waals surface area contributed by atoms with Crippen molar-refractivity contribution in [2.24, 2.45) is 0 Å². The fourth-order valence-corrected chi connectivity index (χ4v) is 3.39. The van der Waals surface area contributed by atoms with E-state index in [0.29, 0.717) is 11.1 Å². The number of carboxylic acid groups (broad SMARTS) is 1. The van der Waals surface area contributed by atoms with E-state index in [4.69, 9.17) is 21.4 Å². The van der Waals surface area contributed by atoms with Crippen LogP contribution in [0.4, 0.5) is 13.2 Å². The monoisotopic (exact) mass is 549 g/mol. The van der Waals surface area contributed by atoms with E-state index in [0.717, 1.165) is 12.1 Å². The van der Waals surface area contributed by atoms with Crippen LogP contribution in [0.2, 0.25) is 5.28 Å². The summed E-state index contributed by atoms with van der Waals surface area (Å²) >= 11 is 6.35. The van der Waals surface area contributed by atoms with Gasteiger partial charge in [-0.3, -0.25) is 4.79 Å². The Bertz CT molecular complexity index is 1370. The van der Waals surface area contributed by atoms with Gasteiger partial charge in [0.15, 0.2) is 0 Å². The number of rotatable bonds is 8. The number of carbonyl (C=O) groups excluding carboxylic acids is 1. The number of carbonyl (C=O) groups is 2. The second-order valence-corrected chi connectivity index (χ2v) is 8.84. The van der Waals surface area contributed by atoms with Crippen LogP contribution >= 0.6 is 11.6 Å². The maximum absolute atomic E-state index is 13.3. The Labute approximate surface area is 221 Å². The summed E-state index contributed by atoms with van der Waals surface area (Å²) in [6, 6.07) is 11.1. The molecule has 38 heavy (non-hydrogen) atoms. The van der Waals surface area contributed by atoms with Gasteiger partial charge in [0.2, 0.25) is 5.28 Å². The lowest BCUT2D eigenvalue weighted by Gasteiger charge is -2.14. The van der Waals surface area contributed by atoms with Gasteiger partial charge in [0.1, 0.15) is 22.7 Å². The molecule has 0 saturated heterocycles. The third-order valence-corrected chi connectivity index (χ3v) is 5.57. The zero-order valence-electron chi connectivity index (χ0n) is 20.5. The summed E-state index contributed by atoms with van der Waals surface area (Å²) in [7, 11) is 1.48.